The van der Waals surface area contributed by atoms with Crippen LogP contribution in [0.15, 0.2) is 24.3 Å². The van der Waals surface area contributed by atoms with Gasteiger partial charge in [0, 0.05) is 58.9 Å². The molecule has 1 aliphatic rings. The highest BCUT2D eigenvalue weighted by Crippen LogP contribution is 2.12. The number of benzene rings is 1. The van der Waals surface area contributed by atoms with E-state index in [0.717, 1.165) is 0 Å². The third-order valence-corrected chi connectivity index (χ3v) is 5.40. The smallest absolute Gasteiger partial charge is 0.335 e. The number of aliphatic hydroxyl groups is 1. The second-order valence-corrected chi connectivity index (χ2v) is 8.18. The molecule has 1 unspecified atom stereocenters. The highest BCUT2D eigenvalue weighted by atomic mass is 16.5. The van der Waals surface area contributed by atoms with E-state index in [0.29, 0.717) is 64.7 Å². The Morgan fingerprint density at radius 1 is 0.824 bits per heavy atom. The largest absolute Gasteiger partial charge is 0.491 e. The van der Waals surface area contributed by atoms with Crippen molar-refractivity contribution in [3.05, 3.63) is 29.8 Å². The lowest BCUT2D eigenvalue weighted by Crippen LogP contribution is -2.48. The van der Waals surface area contributed by atoms with Gasteiger partial charge in [0.2, 0.25) is 0 Å². The number of aliphatic hydroxyl groups excluding tert-OH is 1. The van der Waals surface area contributed by atoms with Crippen LogP contribution in [0.3, 0.4) is 0 Å². The molecule has 1 fully saturated rings. The Bertz CT molecular complexity index is 792. The summed E-state index contributed by atoms with van der Waals surface area (Å²) in [7, 11) is 0. The number of carboxylic acids is 3. The third-order valence-electron chi connectivity index (χ3n) is 5.40. The Morgan fingerprint density at radius 2 is 1.32 bits per heavy atom. The van der Waals surface area contributed by atoms with Gasteiger partial charge in [-0.15, -0.1) is 0 Å². The molecule has 1 aromatic rings. The average Bonchev–Trinajstić information content (AvgIpc) is 2.77. The number of carbonyl (C=O) groups is 3. The number of carboxylic acid groups (broad SMARTS) is 3. The number of nitrogens with zero attached hydrogens (tertiary/aromatic N) is 3. The molecule has 1 saturated heterocycles. The van der Waals surface area contributed by atoms with Crippen molar-refractivity contribution in [2.24, 2.45) is 0 Å². The molecule has 1 atom stereocenters. The van der Waals surface area contributed by atoms with E-state index in [1.54, 1.807) is 9.80 Å². The van der Waals surface area contributed by atoms with Crippen molar-refractivity contribution in [2.75, 3.05) is 78.6 Å². The van der Waals surface area contributed by atoms with E-state index in [1.165, 1.54) is 24.3 Å². The Kier molecular flexibility index (Phi) is 11.7. The molecule has 1 heterocycles. The van der Waals surface area contributed by atoms with E-state index in [-0.39, 0.29) is 25.3 Å². The van der Waals surface area contributed by atoms with Crippen LogP contribution in [0, 0.1) is 0 Å². The van der Waals surface area contributed by atoms with Crippen LogP contribution in [0.4, 0.5) is 0 Å². The molecule has 0 spiro atoms. The number of hydrogen-bond acceptors (Lipinski definition) is 9. The van der Waals surface area contributed by atoms with Crippen LogP contribution in [0.1, 0.15) is 10.4 Å². The molecule has 190 valence electrons. The summed E-state index contributed by atoms with van der Waals surface area (Å²) in [5.41, 5.74) is 0.150. The minimum Gasteiger partial charge on any atom is -0.491 e. The lowest BCUT2D eigenvalue weighted by Gasteiger charge is -2.31. The molecule has 1 aliphatic heterocycles. The summed E-state index contributed by atoms with van der Waals surface area (Å²) < 4.78 is 5.57. The summed E-state index contributed by atoms with van der Waals surface area (Å²) in [6.45, 7) is 4.32. The normalized spacial score (nSPS) is 18.4. The van der Waals surface area contributed by atoms with Gasteiger partial charge in [0.15, 0.2) is 0 Å². The fraction of sp³-hybridized carbons (Fsp3) is 0.591. The molecule has 2 rings (SSSR count). The zero-order valence-corrected chi connectivity index (χ0v) is 19.1. The maximum Gasteiger partial charge on any atom is 0.335 e. The zero-order chi connectivity index (χ0) is 24.9. The summed E-state index contributed by atoms with van der Waals surface area (Å²) >= 11 is 0. The molecule has 1 aromatic carbocycles. The topological polar surface area (TPSA) is 163 Å². The van der Waals surface area contributed by atoms with Crippen LogP contribution >= 0.6 is 0 Å². The van der Waals surface area contributed by atoms with Gasteiger partial charge in [-0.25, -0.2) is 4.79 Å². The molecule has 0 saturated carbocycles. The second kappa shape index (κ2) is 14.5. The molecule has 0 amide bonds. The van der Waals surface area contributed by atoms with Crippen LogP contribution in [-0.4, -0.2) is 138 Å². The third kappa shape index (κ3) is 10.9. The molecule has 12 nitrogen and oxygen atoms in total. The highest BCUT2D eigenvalue weighted by Gasteiger charge is 2.18. The summed E-state index contributed by atoms with van der Waals surface area (Å²) in [6, 6.07) is 5.93. The van der Waals surface area contributed by atoms with Crippen LogP contribution < -0.4 is 10.1 Å². The summed E-state index contributed by atoms with van der Waals surface area (Å²) in [4.78, 5) is 38.9. The van der Waals surface area contributed by atoms with E-state index >= 15 is 0 Å². The highest BCUT2D eigenvalue weighted by molar-refractivity contribution is 5.87. The van der Waals surface area contributed by atoms with Gasteiger partial charge in [-0.05, 0) is 24.3 Å². The number of aliphatic carboxylic acids is 2. The van der Waals surface area contributed by atoms with Crippen LogP contribution in [0.5, 0.6) is 5.75 Å². The van der Waals surface area contributed by atoms with Gasteiger partial charge in [-0.1, -0.05) is 0 Å². The van der Waals surface area contributed by atoms with Gasteiger partial charge in [0.05, 0.1) is 18.7 Å². The van der Waals surface area contributed by atoms with Crippen molar-refractivity contribution in [2.45, 2.75) is 6.10 Å². The van der Waals surface area contributed by atoms with Gasteiger partial charge >= 0.3 is 17.9 Å². The van der Waals surface area contributed by atoms with E-state index in [4.69, 9.17) is 14.9 Å². The first-order valence-corrected chi connectivity index (χ1v) is 11.2. The summed E-state index contributed by atoms with van der Waals surface area (Å²) in [5.74, 6) is -2.44. The lowest BCUT2D eigenvalue weighted by molar-refractivity contribution is -0.140. The first-order chi connectivity index (χ1) is 16.2. The molecular formula is C22H34N4O8. The first kappa shape index (κ1) is 27.5. The quantitative estimate of drug-likeness (QED) is 0.271. The first-order valence-electron chi connectivity index (χ1n) is 11.2. The van der Waals surface area contributed by atoms with Gasteiger partial charge in [-0.2, -0.15) is 0 Å². The predicted molar refractivity (Wildman–Crippen MR) is 122 cm³/mol. The van der Waals surface area contributed by atoms with Crippen molar-refractivity contribution in [1.29, 1.82) is 0 Å². The molecule has 34 heavy (non-hydrogen) atoms. The monoisotopic (exact) mass is 482 g/mol. The maximum atomic E-state index is 11.3. The molecule has 5 N–H and O–H groups in total. The number of ether oxygens (including phenoxy) is 1. The van der Waals surface area contributed by atoms with Crippen molar-refractivity contribution in [1.82, 2.24) is 20.0 Å². The molecule has 0 aromatic heterocycles. The van der Waals surface area contributed by atoms with Gasteiger partial charge in [-0.3, -0.25) is 24.3 Å². The summed E-state index contributed by atoms with van der Waals surface area (Å²) in [5, 5.41) is 41.0. The number of nitrogens with one attached hydrogen (secondary N) is 1. The second-order valence-electron chi connectivity index (χ2n) is 8.18. The van der Waals surface area contributed by atoms with Crippen molar-refractivity contribution >= 4 is 17.9 Å². The number of β-amino-alcohol motifs (C(OH)–C–C–N with tert-alkyl or cyclic N) is 1. The maximum absolute atomic E-state index is 11.3. The minimum atomic E-state index is -1.03. The number of aromatic carboxylic acids is 1. The van der Waals surface area contributed by atoms with Crippen molar-refractivity contribution in [3.63, 3.8) is 0 Å². The van der Waals surface area contributed by atoms with Gasteiger partial charge in [0.1, 0.15) is 18.5 Å². The van der Waals surface area contributed by atoms with E-state index < -0.39 is 24.0 Å². The van der Waals surface area contributed by atoms with Gasteiger partial charge in [0.25, 0.3) is 0 Å². The van der Waals surface area contributed by atoms with Crippen molar-refractivity contribution in [3.8, 4) is 5.75 Å². The molecule has 0 aliphatic carbocycles. The Hall–Kier alpha value is -2.77. The zero-order valence-electron chi connectivity index (χ0n) is 19.1. The number of hydrogen-bond donors (Lipinski definition) is 5. The lowest BCUT2D eigenvalue weighted by atomic mass is 10.2. The summed E-state index contributed by atoms with van der Waals surface area (Å²) in [6.07, 6.45) is -0.800. The molecule has 0 radical (unpaired) electrons. The van der Waals surface area contributed by atoms with Crippen LogP contribution in [0.2, 0.25) is 0 Å². The average molecular weight is 483 g/mol. The Balaban J connectivity index is 1.90. The Labute approximate surface area is 198 Å². The fourth-order valence-electron chi connectivity index (χ4n) is 3.62. The number of rotatable bonds is 10. The predicted octanol–water partition coefficient (Wildman–Crippen LogP) is -1.20. The molecule has 0 bridgehead atoms. The standard InChI is InChI=1S/C22H34N4O8/c27-18(16-34-19-3-1-17(2-4-19)22(32)33)13-24-7-5-23-6-8-25(14-20(28)29)10-12-26(11-9-24)15-21(30)31/h1-4,18,23,27H,5-16H2,(H,28,29)(H,30,31)(H,32,33). The van der Waals surface area contributed by atoms with E-state index in [1.807, 2.05) is 4.90 Å². The minimum absolute atomic E-state index is 0.0271. The Morgan fingerprint density at radius 3 is 1.85 bits per heavy atom. The SMILES string of the molecule is O=C(O)CN1CCNCCN(CC(O)COc2ccc(C(=O)O)cc2)CCN(CC(=O)O)CC1. The van der Waals surface area contributed by atoms with Crippen molar-refractivity contribution < 1.29 is 39.5 Å². The van der Waals surface area contributed by atoms with E-state index in [9.17, 15) is 24.6 Å². The van der Waals surface area contributed by atoms with Crippen LogP contribution in [-0.2, 0) is 9.59 Å². The van der Waals surface area contributed by atoms with E-state index in [2.05, 4.69) is 5.32 Å². The molecule has 12 heteroatoms. The fourth-order valence-corrected chi connectivity index (χ4v) is 3.62. The molecular weight excluding hydrogens is 448 g/mol. The van der Waals surface area contributed by atoms with Crippen LogP contribution in [0.25, 0.3) is 0 Å². The van der Waals surface area contributed by atoms with Gasteiger partial charge < -0.3 is 30.5 Å².